The first-order valence-electron chi connectivity index (χ1n) is 8.87. The van der Waals surface area contributed by atoms with Crippen molar-refractivity contribution in [3.8, 4) is 11.8 Å². The number of nitriles is 1. The van der Waals surface area contributed by atoms with Crippen LogP contribution in [0.3, 0.4) is 0 Å². The maximum Gasteiger partial charge on any atom is 0.325 e. The molecule has 27 heavy (non-hydrogen) atoms. The van der Waals surface area contributed by atoms with Gasteiger partial charge in [0.15, 0.2) is 6.61 Å². The van der Waals surface area contributed by atoms with E-state index in [9.17, 15) is 19.6 Å². The lowest BCUT2D eigenvalue weighted by Gasteiger charge is -2.21. The van der Waals surface area contributed by atoms with E-state index in [0.29, 0.717) is 30.8 Å². The van der Waals surface area contributed by atoms with Crippen LogP contribution in [0.25, 0.3) is 0 Å². The molecule has 1 aromatic carbocycles. The van der Waals surface area contributed by atoms with Crippen molar-refractivity contribution >= 4 is 17.8 Å². The Balaban J connectivity index is 1.71. The summed E-state index contributed by atoms with van der Waals surface area (Å²) < 4.78 is 10.1. The first-order chi connectivity index (χ1) is 13.0. The van der Waals surface area contributed by atoms with Crippen LogP contribution in [0.5, 0.6) is 5.75 Å². The van der Waals surface area contributed by atoms with Crippen molar-refractivity contribution in [3.05, 3.63) is 29.8 Å². The fourth-order valence-electron chi connectivity index (χ4n) is 2.87. The van der Waals surface area contributed by atoms with Gasteiger partial charge in [-0.05, 0) is 56.9 Å². The zero-order chi connectivity index (χ0) is 19.7. The summed E-state index contributed by atoms with van der Waals surface area (Å²) in [5.74, 6) is -1.04. The molecule has 8 nitrogen and oxygen atoms in total. The Morgan fingerprint density at radius 2 is 1.85 bits per heavy atom. The largest absolute Gasteiger partial charge is 0.494 e. The zero-order valence-corrected chi connectivity index (χ0v) is 15.2. The van der Waals surface area contributed by atoms with E-state index >= 15 is 0 Å². The van der Waals surface area contributed by atoms with Crippen LogP contribution in [0.1, 0.15) is 43.0 Å². The van der Waals surface area contributed by atoms with Crippen LogP contribution in [0, 0.1) is 11.3 Å². The molecular weight excluding hydrogens is 350 g/mol. The first kappa shape index (κ1) is 20.2. The van der Waals surface area contributed by atoms with Gasteiger partial charge >= 0.3 is 5.97 Å². The molecule has 1 aliphatic carbocycles. The van der Waals surface area contributed by atoms with Crippen LogP contribution < -0.4 is 15.4 Å². The van der Waals surface area contributed by atoms with E-state index in [1.165, 1.54) is 0 Å². The molecule has 144 valence electrons. The predicted octanol–water partition coefficient (Wildman–Crippen LogP) is 1.31. The minimum Gasteiger partial charge on any atom is -0.494 e. The Kier molecular flexibility index (Phi) is 7.17. The Morgan fingerprint density at radius 1 is 1.19 bits per heavy atom. The highest BCUT2D eigenvalue weighted by molar-refractivity contribution is 5.96. The number of hydrogen-bond acceptors (Lipinski definition) is 6. The van der Waals surface area contributed by atoms with Gasteiger partial charge in [0.25, 0.3) is 11.8 Å². The molecule has 0 unspecified atom stereocenters. The molecule has 1 fully saturated rings. The summed E-state index contributed by atoms with van der Waals surface area (Å²) in [4.78, 5) is 35.6. The van der Waals surface area contributed by atoms with Gasteiger partial charge in [-0.3, -0.25) is 14.4 Å². The lowest BCUT2D eigenvalue weighted by molar-refractivity contribution is -0.147. The number of rotatable bonds is 8. The number of benzene rings is 1. The standard InChI is InChI=1S/C19H23N3O5/c1-2-26-15-7-5-14(6-8-15)18(25)21-11-17(24)27-12-16(23)22-19(13-20)9-3-4-10-19/h5-8H,2-4,9-12H2,1H3,(H,21,25)(H,22,23). The lowest BCUT2D eigenvalue weighted by Crippen LogP contribution is -2.47. The molecule has 0 saturated heterocycles. The van der Waals surface area contributed by atoms with E-state index in [1.807, 2.05) is 6.92 Å². The van der Waals surface area contributed by atoms with Gasteiger partial charge in [0.2, 0.25) is 0 Å². The van der Waals surface area contributed by atoms with Gasteiger partial charge in [0.05, 0.1) is 12.7 Å². The third-order valence-corrected chi connectivity index (χ3v) is 4.23. The molecule has 2 rings (SSSR count). The van der Waals surface area contributed by atoms with Crippen molar-refractivity contribution in [1.29, 1.82) is 5.26 Å². The second kappa shape index (κ2) is 9.57. The van der Waals surface area contributed by atoms with Gasteiger partial charge in [-0.1, -0.05) is 0 Å². The summed E-state index contributed by atoms with van der Waals surface area (Å²) in [6.45, 7) is 1.55. The summed E-state index contributed by atoms with van der Waals surface area (Å²) in [5.41, 5.74) is -0.480. The number of amides is 2. The molecule has 0 aromatic heterocycles. The number of carbonyl (C=O) groups is 3. The van der Waals surface area contributed by atoms with Crippen molar-refractivity contribution < 1.29 is 23.9 Å². The number of ether oxygens (including phenoxy) is 2. The Hall–Kier alpha value is -3.08. The Labute approximate surface area is 157 Å². The maximum absolute atomic E-state index is 12.0. The van der Waals surface area contributed by atoms with Crippen LogP contribution in [0.15, 0.2) is 24.3 Å². The smallest absolute Gasteiger partial charge is 0.325 e. The van der Waals surface area contributed by atoms with Crippen LogP contribution in [0.2, 0.25) is 0 Å². The highest BCUT2D eigenvalue weighted by Crippen LogP contribution is 2.28. The topological polar surface area (TPSA) is 118 Å². The molecule has 0 atom stereocenters. The molecule has 0 bridgehead atoms. The van der Waals surface area contributed by atoms with Gasteiger partial charge in [-0.2, -0.15) is 5.26 Å². The fraction of sp³-hybridized carbons (Fsp3) is 0.474. The molecule has 0 spiro atoms. The molecule has 0 radical (unpaired) electrons. The normalized spacial score (nSPS) is 14.7. The molecule has 0 heterocycles. The van der Waals surface area contributed by atoms with E-state index in [4.69, 9.17) is 9.47 Å². The van der Waals surface area contributed by atoms with Crippen molar-refractivity contribution in [2.45, 2.75) is 38.1 Å². The molecule has 8 heteroatoms. The monoisotopic (exact) mass is 373 g/mol. The molecular formula is C19H23N3O5. The quantitative estimate of drug-likeness (QED) is 0.664. The third kappa shape index (κ3) is 5.99. The van der Waals surface area contributed by atoms with Crippen LogP contribution in [-0.2, 0) is 14.3 Å². The van der Waals surface area contributed by atoms with Gasteiger partial charge in [-0.15, -0.1) is 0 Å². The van der Waals surface area contributed by atoms with Gasteiger partial charge in [-0.25, -0.2) is 0 Å². The average Bonchev–Trinajstić information content (AvgIpc) is 3.14. The van der Waals surface area contributed by atoms with E-state index in [1.54, 1.807) is 24.3 Å². The first-order valence-corrected chi connectivity index (χ1v) is 8.87. The molecule has 2 N–H and O–H groups in total. The number of nitrogens with one attached hydrogen (secondary N) is 2. The third-order valence-electron chi connectivity index (χ3n) is 4.23. The van der Waals surface area contributed by atoms with Crippen molar-refractivity contribution in [1.82, 2.24) is 10.6 Å². The summed E-state index contributed by atoms with van der Waals surface area (Å²) in [7, 11) is 0. The zero-order valence-electron chi connectivity index (χ0n) is 15.2. The molecule has 0 aliphatic heterocycles. The van der Waals surface area contributed by atoms with Gasteiger partial charge < -0.3 is 20.1 Å². The van der Waals surface area contributed by atoms with E-state index in [2.05, 4.69) is 16.7 Å². The predicted molar refractivity (Wildman–Crippen MR) is 95.9 cm³/mol. The van der Waals surface area contributed by atoms with Crippen molar-refractivity contribution in [2.75, 3.05) is 19.8 Å². The van der Waals surface area contributed by atoms with Crippen LogP contribution >= 0.6 is 0 Å². The summed E-state index contributed by atoms with van der Waals surface area (Å²) in [5, 5.41) is 14.3. The summed E-state index contributed by atoms with van der Waals surface area (Å²) >= 11 is 0. The van der Waals surface area contributed by atoms with E-state index < -0.39 is 29.9 Å². The lowest BCUT2D eigenvalue weighted by atomic mass is 10.00. The Morgan fingerprint density at radius 3 is 2.44 bits per heavy atom. The number of nitrogens with zero attached hydrogens (tertiary/aromatic N) is 1. The summed E-state index contributed by atoms with van der Waals surface area (Å²) in [6.07, 6.45) is 2.96. The minimum atomic E-state index is -0.856. The number of hydrogen-bond donors (Lipinski definition) is 2. The number of esters is 1. The SMILES string of the molecule is CCOc1ccc(C(=O)NCC(=O)OCC(=O)NC2(C#N)CCCC2)cc1. The summed E-state index contributed by atoms with van der Waals surface area (Å²) in [6, 6.07) is 8.62. The minimum absolute atomic E-state index is 0.358. The van der Waals surface area contributed by atoms with Gasteiger partial charge in [0, 0.05) is 5.56 Å². The maximum atomic E-state index is 12.0. The van der Waals surface area contributed by atoms with Crippen LogP contribution in [-0.4, -0.2) is 43.1 Å². The van der Waals surface area contributed by atoms with E-state index in [0.717, 1.165) is 12.8 Å². The molecule has 2 amide bonds. The molecule has 1 aliphatic rings. The van der Waals surface area contributed by atoms with Crippen molar-refractivity contribution in [2.24, 2.45) is 0 Å². The highest BCUT2D eigenvalue weighted by Gasteiger charge is 2.35. The van der Waals surface area contributed by atoms with E-state index in [-0.39, 0.29) is 6.54 Å². The highest BCUT2D eigenvalue weighted by atomic mass is 16.5. The molecule has 1 saturated carbocycles. The van der Waals surface area contributed by atoms with Crippen molar-refractivity contribution in [3.63, 3.8) is 0 Å². The van der Waals surface area contributed by atoms with Crippen LogP contribution in [0.4, 0.5) is 0 Å². The second-order valence-electron chi connectivity index (χ2n) is 6.25. The van der Waals surface area contributed by atoms with Gasteiger partial charge in [0.1, 0.15) is 17.8 Å². The fourth-order valence-corrected chi connectivity index (χ4v) is 2.87. The molecule has 1 aromatic rings. The number of carbonyl (C=O) groups excluding carboxylic acids is 3. The Bertz CT molecular complexity index is 718. The average molecular weight is 373 g/mol. The second-order valence-corrected chi connectivity index (χ2v) is 6.25.